The highest BCUT2D eigenvalue weighted by Gasteiger charge is 2.35. The summed E-state index contributed by atoms with van der Waals surface area (Å²) in [4.78, 5) is 11.9. The first-order valence-corrected chi connectivity index (χ1v) is 9.24. The fraction of sp³-hybridized carbons (Fsp3) is 0.278. The second-order valence-corrected chi connectivity index (χ2v) is 7.36. The third kappa shape index (κ3) is 4.21. The zero-order chi connectivity index (χ0) is 17.6. The van der Waals surface area contributed by atoms with Crippen LogP contribution in [0.3, 0.4) is 0 Å². The van der Waals surface area contributed by atoms with Crippen molar-refractivity contribution >= 4 is 16.0 Å². The molecule has 2 aromatic rings. The van der Waals surface area contributed by atoms with Gasteiger partial charge in [-0.1, -0.05) is 55.5 Å². The Morgan fingerprint density at radius 1 is 1.04 bits per heavy atom. The van der Waals surface area contributed by atoms with E-state index in [-0.39, 0.29) is 17.9 Å². The zero-order valence-electron chi connectivity index (χ0n) is 13.5. The van der Waals surface area contributed by atoms with Gasteiger partial charge in [0.1, 0.15) is 6.04 Å². The molecule has 0 aliphatic rings. The summed E-state index contributed by atoms with van der Waals surface area (Å²) >= 11 is 0. The number of aliphatic carboxylic acids is 1. The van der Waals surface area contributed by atoms with Crippen LogP contribution in [0.2, 0.25) is 0 Å². The minimum atomic E-state index is -3.88. The van der Waals surface area contributed by atoms with Gasteiger partial charge in [-0.05, 0) is 30.5 Å². The van der Waals surface area contributed by atoms with Crippen molar-refractivity contribution in [3.05, 3.63) is 66.2 Å². The average Bonchev–Trinajstić information content (AvgIpc) is 2.59. The van der Waals surface area contributed by atoms with Crippen LogP contribution in [0.1, 0.15) is 18.9 Å². The molecule has 2 aromatic carbocycles. The molecular weight excluding hydrogens is 326 g/mol. The summed E-state index contributed by atoms with van der Waals surface area (Å²) in [5.41, 5.74) is 0.786. The van der Waals surface area contributed by atoms with Crippen molar-refractivity contribution in [1.82, 2.24) is 4.31 Å². The Labute approximate surface area is 142 Å². The Hall–Kier alpha value is -2.18. The lowest BCUT2D eigenvalue weighted by Crippen LogP contribution is -2.46. The van der Waals surface area contributed by atoms with Crippen LogP contribution in [0.25, 0.3) is 0 Å². The number of benzene rings is 2. The molecule has 0 amide bonds. The molecule has 128 valence electrons. The van der Waals surface area contributed by atoms with Gasteiger partial charge in [-0.25, -0.2) is 8.42 Å². The number of carboxylic acid groups (broad SMARTS) is 1. The molecule has 0 radical (unpaired) electrons. The summed E-state index contributed by atoms with van der Waals surface area (Å²) in [5, 5.41) is 9.64. The molecule has 0 heterocycles. The number of hydrogen-bond donors (Lipinski definition) is 1. The zero-order valence-corrected chi connectivity index (χ0v) is 14.3. The van der Waals surface area contributed by atoms with Crippen LogP contribution in [0.15, 0.2) is 65.6 Å². The van der Waals surface area contributed by atoms with E-state index >= 15 is 0 Å². The second-order valence-electron chi connectivity index (χ2n) is 5.47. The highest BCUT2D eigenvalue weighted by atomic mass is 32.2. The Morgan fingerprint density at radius 3 is 2.08 bits per heavy atom. The van der Waals surface area contributed by atoms with E-state index in [4.69, 9.17) is 0 Å². The summed E-state index contributed by atoms with van der Waals surface area (Å²) < 4.78 is 26.9. The van der Waals surface area contributed by atoms with Crippen molar-refractivity contribution in [3.8, 4) is 0 Å². The topological polar surface area (TPSA) is 74.7 Å². The number of carbonyl (C=O) groups is 1. The number of nitrogens with zero attached hydrogens (tertiary/aromatic N) is 1. The summed E-state index contributed by atoms with van der Waals surface area (Å²) in [6.45, 7) is 1.98. The maximum Gasteiger partial charge on any atom is 0.322 e. The van der Waals surface area contributed by atoms with E-state index in [1.807, 2.05) is 25.1 Å². The van der Waals surface area contributed by atoms with Crippen molar-refractivity contribution < 1.29 is 18.3 Å². The van der Waals surface area contributed by atoms with Gasteiger partial charge in [0.25, 0.3) is 0 Å². The molecule has 0 unspecified atom stereocenters. The normalized spacial score (nSPS) is 12.9. The van der Waals surface area contributed by atoms with Gasteiger partial charge in [-0.2, -0.15) is 4.31 Å². The van der Waals surface area contributed by atoms with Gasteiger partial charge in [0.2, 0.25) is 10.0 Å². The summed E-state index contributed by atoms with van der Waals surface area (Å²) in [6, 6.07) is 15.9. The van der Waals surface area contributed by atoms with Gasteiger partial charge in [0.05, 0.1) is 4.90 Å². The van der Waals surface area contributed by atoms with Crippen LogP contribution in [-0.2, 0) is 21.2 Å². The van der Waals surface area contributed by atoms with Gasteiger partial charge in [-0.15, -0.1) is 0 Å². The van der Waals surface area contributed by atoms with E-state index in [0.29, 0.717) is 6.42 Å². The van der Waals surface area contributed by atoms with Gasteiger partial charge < -0.3 is 5.11 Å². The van der Waals surface area contributed by atoms with Crippen molar-refractivity contribution in [2.45, 2.75) is 30.7 Å². The predicted octanol–water partition coefficient (Wildman–Crippen LogP) is 2.78. The number of rotatable bonds is 8. The minimum Gasteiger partial charge on any atom is -0.480 e. The highest BCUT2D eigenvalue weighted by Crippen LogP contribution is 2.21. The molecule has 0 fully saturated rings. The lowest BCUT2D eigenvalue weighted by molar-refractivity contribution is -0.141. The van der Waals surface area contributed by atoms with Crippen LogP contribution in [0.5, 0.6) is 0 Å². The summed E-state index contributed by atoms with van der Waals surface area (Å²) in [6.07, 6.45) is 0.660. The van der Waals surface area contributed by atoms with Gasteiger partial charge in [-0.3, -0.25) is 4.79 Å². The van der Waals surface area contributed by atoms with Crippen LogP contribution in [0.4, 0.5) is 0 Å². The molecule has 5 nitrogen and oxygen atoms in total. The molecule has 1 atom stereocenters. The van der Waals surface area contributed by atoms with Crippen molar-refractivity contribution in [3.63, 3.8) is 0 Å². The second kappa shape index (κ2) is 8.08. The Bertz CT molecular complexity index is 760. The molecular formula is C18H21NO4S. The maximum absolute atomic E-state index is 12.9. The fourth-order valence-corrected chi connectivity index (χ4v) is 4.24. The van der Waals surface area contributed by atoms with Crippen LogP contribution < -0.4 is 0 Å². The van der Waals surface area contributed by atoms with E-state index < -0.39 is 22.0 Å². The molecule has 2 rings (SSSR count). The molecule has 24 heavy (non-hydrogen) atoms. The molecule has 0 spiro atoms. The molecule has 6 heteroatoms. The first-order chi connectivity index (χ1) is 11.5. The van der Waals surface area contributed by atoms with Gasteiger partial charge in [0, 0.05) is 6.54 Å². The largest absolute Gasteiger partial charge is 0.480 e. The van der Waals surface area contributed by atoms with Gasteiger partial charge >= 0.3 is 5.97 Å². The van der Waals surface area contributed by atoms with E-state index in [0.717, 1.165) is 9.87 Å². The summed E-state index contributed by atoms with van der Waals surface area (Å²) in [7, 11) is -3.88. The van der Waals surface area contributed by atoms with Crippen LogP contribution in [-0.4, -0.2) is 36.4 Å². The SMILES string of the molecule is CCCN([C@@H](Cc1ccccc1)C(=O)O)S(=O)(=O)c1ccccc1. The number of sulfonamides is 1. The number of carboxylic acids is 1. The van der Waals surface area contributed by atoms with Crippen molar-refractivity contribution in [2.75, 3.05) is 6.54 Å². The van der Waals surface area contributed by atoms with E-state index in [1.165, 1.54) is 12.1 Å². The fourth-order valence-electron chi connectivity index (χ4n) is 2.54. The van der Waals surface area contributed by atoms with Crippen molar-refractivity contribution in [1.29, 1.82) is 0 Å². The van der Waals surface area contributed by atoms with E-state index in [9.17, 15) is 18.3 Å². The van der Waals surface area contributed by atoms with Crippen LogP contribution >= 0.6 is 0 Å². The quantitative estimate of drug-likeness (QED) is 0.797. The Morgan fingerprint density at radius 2 is 1.58 bits per heavy atom. The average molecular weight is 347 g/mol. The highest BCUT2D eigenvalue weighted by molar-refractivity contribution is 7.89. The maximum atomic E-state index is 12.9. The molecule has 0 saturated heterocycles. The third-order valence-corrected chi connectivity index (χ3v) is 5.62. The van der Waals surface area contributed by atoms with Crippen LogP contribution in [0, 0.1) is 0 Å². The molecule has 0 bridgehead atoms. The smallest absolute Gasteiger partial charge is 0.322 e. The molecule has 1 N–H and O–H groups in total. The van der Waals surface area contributed by atoms with Gasteiger partial charge in [0.15, 0.2) is 0 Å². The van der Waals surface area contributed by atoms with E-state index in [1.54, 1.807) is 30.3 Å². The number of hydrogen-bond acceptors (Lipinski definition) is 3. The summed E-state index contributed by atoms with van der Waals surface area (Å²) in [5.74, 6) is -1.15. The first kappa shape index (κ1) is 18.2. The molecule has 0 aliphatic heterocycles. The Balaban J connectivity index is 2.40. The molecule has 0 saturated carbocycles. The molecule has 0 aliphatic carbocycles. The third-order valence-electron chi connectivity index (χ3n) is 3.70. The minimum absolute atomic E-state index is 0.109. The predicted molar refractivity (Wildman–Crippen MR) is 92.2 cm³/mol. The molecule has 0 aromatic heterocycles. The standard InChI is InChI=1S/C18H21NO4S/c1-2-13-19(24(22,23)16-11-7-4-8-12-16)17(18(20)21)14-15-9-5-3-6-10-15/h3-12,17H,2,13-14H2,1H3,(H,20,21)/t17-/m0/s1. The lowest BCUT2D eigenvalue weighted by atomic mass is 10.1. The Kier molecular flexibility index (Phi) is 6.11. The lowest BCUT2D eigenvalue weighted by Gasteiger charge is -2.28. The van der Waals surface area contributed by atoms with E-state index in [2.05, 4.69) is 0 Å². The van der Waals surface area contributed by atoms with Crippen molar-refractivity contribution in [2.24, 2.45) is 0 Å². The monoisotopic (exact) mass is 347 g/mol. The first-order valence-electron chi connectivity index (χ1n) is 7.80.